The van der Waals surface area contributed by atoms with E-state index < -0.39 is 0 Å². The fraction of sp³-hybridized carbons (Fsp3) is 0.238. The van der Waals surface area contributed by atoms with Crippen molar-refractivity contribution in [3.63, 3.8) is 0 Å². The molecule has 7 heteroatoms. The average Bonchev–Trinajstić information content (AvgIpc) is 2.73. The first-order valence-corrected chi connectivity index (χ1v) is 9.13. The summed E-state index contributed by atoms with van der Waals surface area (Å²) in [4.78, 5) is 6.40. The maximum Gasteiger partial charge on any atom is 0.120 e. The van der Waals surface area contributed by atoms with Crippen molar-refractivity contribution in [3.05, 3.63) is 65.7 Å². The van der Waals surface area contributed by atoms with E-state index in [2.05, 4.69) is 15.2 Å². The van der Waals surface area contributed by atoms with Crippen LogP contribution < -0.4 is 11.1 Å². The van der Waals surface area contributed by atoms with Gasteiger partial charge in [-0.05, 0) is 35.9 Å². The van der Waals surface area contributed by atoms with Crippen LogP contribution in [-0.4, -0.2) is 47.5 Å². The molecule has 5 N–H and O–H groups in total. The molecule has 1 saturated heterocycles. The summed E-state index contributed by atoms with van der Waals surface area (Å²) >= 11 is 0. The molecule has 1 aromatic heterocycles. The Hall–Kier alpha value is -3.16. The van der Waals surface area contributed by atoms with E-state index in [0.29, 0.717) is 17.9 Å². The van der Waals surface area contributed by atoms with Gasteiger partial charge in [-0.15, -0.1) is 0 Å². The lowest BCUT2D eigenvalue weighted by molar-refractivity contribution is 0.0339. The number of nitrogens with two attached hydrogens (primary N) is 1. The largest absolute Gasteiger partial charge is 0.508 e. The van der Waals surface area contributed by atoms with Gasteiger partial charge in [-0.1, -0.05) is 0 Å². The zero-order chi connectivity index (χ0) is 19.8. The first-order chi connectivity index (χ1) is 13.7. The quantitative estimate of drug-likeness (QED) is 0.435. The maximum atomic E-state index is 10.2. The SMILES string of the molecule is N=C/C(=C\N)c1ccncc1/C=C/Nc1ccc(O)c(CN2CCOCC2)c1. The number of allylic oxidation sites excluding steroid dienone is 1. The molecule has 146 valence electrons. The van der Waals surface area contributed by atoms with Crippen LogP contribution >= 0.6 is 0 Å². The summed E-state index contributed by atoms with van der Waals surface area (Å²) in [6.07, 6.45) is 9.71. The van der Waals surface area contributed by atoms with Gasteiger partial charge in [0.25, 0.3) is 0 Å². The highest BCUT2D eigenvalue weighted by atomic mass is 16.5. The van der Waals surface area contributed by atoms with E-state index in [1.54, 1.807) is 18.5 Å². The Labute approximate surface area is 164 Å². The molecule has 7 nitrogen and oxygen atoms in total. The predicted octanol–water partition coefficient (Wildman–Crippen LogP) is 2.65. The van der Waals surface area contributed by atoms with Crippen molar-refractivity contribution in [2.45, 2.75) is 6.54 Å². The van der Waals surface area contributed by atoms with E-state index in [0.717, 1.165) is 48.7 Å². The van der Waals surface area contributed by atoms with Gasteiger partial charge >= 0.3 is 0 Å². The van der Waals surface area contributed by atoms with E-state index in [1.165, 1.54) is 12.4 Å². The van der Waals surface area contributed by atoms with Gasteiger partial charge in [-0.3, -0.25) is 9.88 Å². The monoisotopic (exact) mass is 379 g/mol. The molecule has 2 heterocycles. The maximum absolute atomic E-state index is 10.2. The number of phenols is 1. The Morgan fingerprint density at radius 2 is 2.14 bits per heavy atom. The number of benzene rings is 1. The zero-order valence-electron chi connectivity index (χ0n) is 15.6. The third kappa shape index (κ3) is 4.97. The number of hydrogen-bond acceptors (Lipinski definition) is 7. The zero-order valence-corrected chi connectivity index (χ0v) is 15.6. The predicted molar refractivity (Wildman–Crippen MR) is 112 cm³/mol. The molecule has 1 aliphatic rings. The summed E-state index contributed by atoms with van der Waals surface area (Å²) in [5.74, 6) is 0.291. The number of morpholine rings is 1. The highest BCUT2D eigenvalue weighted by molar-refractivity contribution is 6.09. The smallest absolute Gasteiger partial charge is 0.120 e. The molecule has 0 aliphatic carbocycles. The van der Waals surface area contributed by atoms with Gasteiger partial charge in [-0.25, -0.2) is 0 Å². The van der Waals surface area contributed by atoms with Crippen LogP contribution in [0.1, 0.15) is 16.7 Å². The number of phenolic OH excluding ortho intramolecular Hbond substituents is 1. The van der Waals surface area contributed by atoms with Crippen LogP contribution in [-0.2, 0) is 11.3 Å². The van der Waals surface area contributed by atoms with Crippen molar-refractivity contribution in [3.8, 4) is 5.75 Å². The summed E-state index contributed by atoms with van der Waals surface area (Å²) in [6.45, 7) is 3.87. The molecule has 0 unspecified atom stereocenters. The molecule has 1 aliphatic heterocycles. The van der Waals surface area contributed by atoms with E-state index in [4.69, 9.17) is 15.9 Å². The lowest BCUT2D eigenvalue weighted by Crippen LogP contribution is -2.35. The van der Waals surface area contributed by atoms with Crippen molar-refractivity contribution in [2.24, 2.45) is 5.73 Å². The summed E-state index contributed by atoms with van der Waals surface area (Å²) < 4.78 is 5.37. The van der Waals surface area contributed by atoms with Crippen LogP contribution in [0.4, 0.5) is 5.69 Å². The minimum absolute atomic E-state index is 0.291. The topological polar surface area (TPSA) is 107 Å². The second-order valence-electron chi connectivity index (χ2n) is 6.44. The molecule has 0 bridgehead atoms. The van der Waals surface area contributed by atoms with Crippen molar-refractivity contribution >= 4 is 23.6 Å². The van der Waals surface area contributed by atoms with Gasteiger partial charge in [0.15, 0.2) is 0 Å². The van der Waals surface area contributed by atoms with Crippen LogP contribution in [0.25, 0.3) is 11.6 Å². The molecule has 0 atom stereocenters. The molecule has 28 heavy (non-hydrogen) atoms. The van der Waals surface area contributed by atoms with Gasteiger partial charge in [0.1, 0.15) is 5.75 Å². The van der Waals surface area contributed by atoms with Crippen molar-refractivity contribution in [2.75, 3.05) is 31.6 Å². The van der Waals surface area contributed by atoms with Crippen LogP contribution in [0.5, 0.6) is 5.75 Å². The molecule has 1 fully saturated rings. The average molecular weight is 379 g/mol. The van der Waals surface area contributed by atoms with Crippen LogP contribution in [0, 0.1) is 5.41 Å². The van der Waals surface area contributed by atoms with E-state index in [9.17, 15) is 5.11 Å². The fourth-order valence-electron chi connectivity index (χ4n) is 3.05. The highest BCUT2D eigenvalue weighted by Crippen LogP contribution is 2.24. The van der Waals surface area contributed by atoms with Crippen LogP contribution in [0.3, 0.4) is 0 Å². The molecule has 3 rings (SSSR count). The minimum Gasteiger partial charge on any atom is -0.508 e. The number of ether oxygens (including phenoxy) is 1. The minimum atomic E-state index is 0.291. The Morgan fingerprint density at radius 3 is 2.89 bits per heavy atom. The van der Waals surface area contributed by atoms with Crippen molar-refractivity contribution < 1.29 is 9.84 Å². The number of nitrogens with zero attached hydrogens (tertiary/aromatic N) is 2. The number of aromatic hydroxyl groups is 1. The molecular formula is C21H25N5O2. The molecule has 0 radical (unpaired) electrons. The van der Waals surface area contributed by atoms with Gasteiger partial charge in [-0.2, -0.15) is 0 Å². The van der Waals surface area contributed by atoms with Crippen LogP contribution in [0.2, 0.25) is 0 Å². The Morgan fingerprint density at radius 1 is 1.32 bits per heavy atom. The van der Waals surface area contributed by atoms with Gasteiger partial charge in [0.2, 0.25) is 0 Å². The Kier molecular flexibility index (Phi) is 6.78. The molecule has 1 aromatic carbocycles. The third-order valence-corrected chi connectivity index (χ3v) is 4.59. The standard InChI is InChI=1S/C21H25N5O2/c22-12-18(13-23)20-4-5-24-14-16(20)3-6-25-19-1-2-21(27)17(11-19)15-26-7-9-28-10-8-26/h1-6,11-14,22,25,27H,7-10,15,23H2/b6-3+,18-13+,22-12?. The number of hydrogen-bond donors (Lipinski definition) is 4. The molecular weight excluding hydrogens is 354 g/mol. The van der Waals surface area contributed by atoms with Crippen molar-refractivity contribution in [1.82, 2.24) is 9.88 Å². The number of pyridine rings is 1. The second kappa shape index (κ2) is 9.68. The first kappa shape index (κ1) is 19.6. The highest BCUT2D eigenvalue weighted by Gasteiger charge is 2.13. The van der Waals surface area contributed by atoms with Gasteiger partial charge < -0.3 is 26.3 Å². The van der Waals surface area contributed by atoms with E-state index in [1.807, 2.05) is 30.5 Å². The normalized spacial score (nSPS) is 15.6. The van der Waals surface area contributed by atoms with Gasteiger partial charge in [0.05, 0.1) is 13.2 Å². The molecule has 0 amide bonds. The van der Waals surface area contributed by atoms with E-state index in [-0.39, 0.29) is 0 Å². The second-order valence-corrected chi connectivity index (χ2v) is 6.44. The summed E-state index contributed by atoms with van der Waals surface area (Å²) in [7, 11) is 0. The van der Waals surface area contributed by atoms with E-state index >= 15 is 0 Å². The van der Waals surface area contributed by atoms with Gasteiger partial charge in [0, 0.05) is 73.0 Å². The fourth-order valence-corrected chi connectivity index (χ4v) is 3.05. The lowest BCUT2D eigenvalue weighted by Gasteiger charge is -2.27. The number of aromatic nitrogens is 1. The Bertz CT molecular complexity index is 873. The van der Waals surface area contributed by atoms with Crippen molar-refractivity contribution in [1.29, 1.82) is 5.41 Å². The first-order valence-electron chi connectivity index (χ1n) is 9.13. The number of anilines is 1. The summed E-state index contributed by atoms with van der Waals surface area (Å²) in [6, 6.07) is 7.30. The molecule has 2 aromatic rings. The summed E-state index contributed by atoms with van der Waals surface area (Å²) in [5.41, 5.74) is 9.67. The summed E-state index contributed by atoms with van der Waals surface area (Å²) in [5, 5.41) is 20.9. The number of rotatable bonds is 7. The molecule has 0 spiro atoms. The molecule has 0 saturated carbocycles. The number of nitrogens with one attached hydrogen (secondary N) is 2. The van der Waals surface area contributed by atoms with Crippen LogP contribution in [0.15, 0.2) is 49.1 Å². The third-order valence-electron chi connectivity index (χ3n) is 4.59. The Balaban J connectivity index is 1.71. The lowest BCUT2D eigenvalue weighted by atomic mass is 10.0.